The molecule has 2 heterocycles. The van der Waals surface area contributed by atoms with Crippen LogP contribution in [0.1, 0.15) is 34.5 Å². The fourth-order valence-corrected chi connectivity index (χ4v) is 3.22. The van der Waals surface area contributed by atoms with Crippen molar-refractivity contribution in [1.29, 1.82) is 0 Å². The maximum Gasteiger partial charge on any atom is 0.303 e. The number of carboxylic acid groups (broad SMARTS) is 1. The molecule has 1 aromatic carbocycles. The minimum atomic E-state index is -0.794. The number of fused-ring (bicyclic) bond motifs is 1. The summed E-state index contributed by atoms with van der Waals surface area (Å²) in [6.07, 6.45) is 3.18. The first kappa shape index (κ1) is 16.1. The maximum absolute atomic E-state index is 12.1. The summed E-state index contributed by atoms with van der Waals surface area (Å²) in [5.41, 5.74) is 6.62. The van der Waals surface area contributed by atoms with E-state index in [1.807, 2.05) is 44.2 Å². The van der Waals surface area contributed by atoms with Gasteiger partial charge in [0.1, 0.15) is 0 Å². The molecule has 0 bridgehead atoms. The van der Waals surface area contributed by atoms with Crippen molar-refractivity contribution >= 4 is 23.1 Å². The van der Waals surface area contributed by atoms with Crippen LogP contribution in [0.5, 0.6) is 0 Å². The zero-order valence-corrected chi connectivity index (χ0v) is 13.8. The molecule has 124 valence electrons. The molecule has 0 fully saturated rings. The third kappa shape index (κ3) is 2.97. The van der Waals surface area contributed by atoms with Gasteiger partial charge in [-0.3, -0.25) is 9.59 Å². The monoisotopic (exact) mass is 324 g/mol. The number of allylic oxidation sites excluding steroid dienone is 1. The standard InChI is InChI=1S/C19H20N2O3/c1-11-13(8-10-18(22)23)12(2)20-16(11)9-7-15-14-5-3-4-6-17(14)21-19(15)24/h3-7,20H,8-10H2,1-2H3,(H,21,24)(H,22,23)/b15-7-. The minimum absolute atomic E-state index is 0.0803. The highest BCUT2D eigenvalue weighted by Crippen LogP contribution is 2.31. The molecule has 1 aromatic heterocycles. The van der Waals surface area contributed by atoms with Gasteiger partial charge in [0.05, 0.1) is 0 Å². The Morgan fingerprint density at radius 2 is 2.00 bits per heavy atom. The van der Waals surface area contributed by atoms with Crippen molar-refractivity contribution in [3.05, 3.63) is 58.4 Å². The quantitative estimate of drug-likeness (QED) is 0.739. The van der Waals surface area contributed by atoms with Gasteiger partial charge >= 0.3 is 5.97 Å². The molecular weight excluding hydrogens is 304 g/mol. The van der Waals surface area contributed by atoms with Crippen molar-refractivity contribution in [2.75, 3.05) is 5.32 Å². The predicted molar refractivity (Wildman–Crippen MR) is 93.0 cm³/mol. The van der Waals surface area contributed by atoms with Crippen molar-refractivity contribution in [2.24, 2.45) is 0 Å². The number of carbonyl (C=O) groups excluding carboxylic acids is 1. The van der Waals surface area contributed by atoms with Gasteiger partial charge < -0.3 is 15.4 Å². The average molecular weight is 324 g/mol. The van der Waals surface area contributed by atoms with E-state index in [0.717, 1.165) is 33.8 Å². The Kier molecular flexibility index (Phi) is 4.25. The van der Waals surface area contributed by atoms with Crippen LogP contribution in [0.2, 0.25) is 0 Å². The van der Waals surface area contributed by atoms with Crippen LogP contribution >= 0.6 is 0 Å². The van der Waals surface area contributed by atoms with Gasteiger partial charge in [-0.05, 0) is 37.5 Å². The number of carbonyl (C=O) groups is 2. The SMILES string of the molecule is Cc1[nH]c(C/C=C2\C(=O)Nc3ccccc32)c(C)c1CCC(=O)O. The van der Waals surface area contributed by atoms with Gasteiger partial charge in [0.2, 0.25) is 0 Å². The lowest BCUT2D eigenvalue weighted by atomic mass is 10.0. The number of rotatable bonds is 5. The van der Waals surface area contributed by atoms with Gasteiger partial charge in [-0.2, -0.15) is 0 Å². The first-order chi connectivity index (χ1) is 11.5. The summed E-state index contributed by atoms with van der Waals surface area (Å²) in [6.45, 7) is 3.95. The summed E-state index contributed by atoms with van der Waals surface area (Å²) >= 11 is 0. The maximum atomic E-state index is 12.1. The molecule has 0 atom stereocenters. The Bertz CT molecular complexity index is 846. The highest BCUT2D eigenvalue weighted by Gasteiger charge is 2.23. The van der Waals surface area contributed by atoms with Gasteiger partial charge in [-0.1, -0.05) is 24.3 Å². The molecule has 1 aliphatic heterocycles. The van der Waals surface area contributed by atoms with E-state index in [0.29, 0.717) is 18.4 Å². The molecule has 2 aromatic rings. The Morgan fingerprint density at radius 1 is 1.25 bits per heavy atom. The summed E-state index contributed by atoms with van der Waals surface area (Å²) in [5, 5.41) is 11.7. The number of amides is 1. The molecule has 0 aliphatic carbocycles. The normalized spacial score (nSPS) is 14.8. The number of benzene rings is 1. The molecule has 5 heteroatoms. The molecule has 0 saturated carbocycles. The fourth-order valence-electron chi connectivity index (χ4n) is 3.22. The van der Waals surface area contributed by atoms with Crippen LogP contribution in [-0.2, 0) is 22.4 Å². The van der Waals surface area contributed by atoms with Crippen LogP contribution in [0, 0.1) is 13.8 Å². The van der Waals surface area contributed by atoms with Crippen LogP contribution in [0.3, 0.4) is 0 Å². The van der Waals surface area contributed by atoms with Gasteiger partial charge in [0.25, 0.3) is 5.91 Å². The van der Waals surface area contributed by atoms with Crippen molar-refractivity contribution in [1.82, 2.24) is 4.98 Å². The number of aliphatic carboxylic acids is 1. The molecule has 1 amide bonds. The first-order valence-electron chi connectivity index (χ1n) is 7.97. The molecular formula is C19H20N2O3. The van der Waals surface area contributed by atoms with E-state index < -0.39 is 5.97 Å². The summed E-state index contributed by atoms with van der Waals surface area (Å²) in [7, 11) is 0. The molecule has 0 radical (unpaired) electrons. The second-order valence-electron chi connectivity index (χ2n) is 6.05. The zero-order valence-electron chi connectivity index (χ0n) is 13.8. The third-order valence-electron chi connectivity index (χ3n) is 4.51. The van der Waals surface area contributed by atoms with E-state index in [2.05, 4.69) is 10.3 Å². The smallest absolute Gasteiger partial charge is 0.303 e. The lowest BCUT2D eigenvalue weighted by molar-refractivity contribution is -0.137. The van der Waals surface area contributed by atoms with E-state index in [4.69, 9.17) is 5.11 Å². The number of carboxylic acids is 1. The second-order valence-corrected chi connectivity index (χ2v) is 6.05. The molecule has 0 unspecified atom stereocenters. The van der Waals surface area contributed by atoms with E-state index >= 15 is 0 Å². The number of aromatic amines is 1. The average Bonchev–Trinajstić information content (AvgIpc) is 2.99. The molecule has 5 nitrogen and oxygen atoms in total. The molecule has 3 N–H and O–H groups in total. The summed E-state index contributed by atoms with van der Waals surface area (Å²) < 4.78 is 0. The predicted octanol–water partition coefficient (Wildman–Crippen LogP) is 3.23. The number of anilines is 1. The lowest BCUT2D eigenvalue weighted by Crippen LogP contribution is -2.04. The van der Waals surface area contributed by atoms with Crippen LogP contribution in [0.4, 0.5) is 5.69 Å². The number of H-pyrrole nitrogens is 1. The van der Waals surface area contributed by atoms with Crippen LogP contribution in [0.15, 0.2) is 30.3 Å². The summed E-state index contributed by atoms with van der Waals surface area (Å²) in [5.74, 6) is -0.874. The minimum Gasteiger partial charge on any atom is -0.481 e. The van der Waals surface area contributed by atoms with Crippen LogP contribution < -0.4 is 5.32 Å². The zero-order chi connectivity index (χ0) is 17.3. The number of aromatic nitrogens is 1. The number of aryl methyl sites for hydroxylation is 1. The van der Waals surface area contributed by atoms with Crippen molar-refractivity contribution in [3.63, 3.8) is 0 Å². The molecule has 0 spiro atoms. The van der Waals surface area contributed by atoms with E-state index in [9.17, 15) is 9.59 Å². The summed E-state index contributed by atoms with van der Waals surface area (Å²) in [6, 6.07) is 7.64. The molecule has 1 aliphatic rings. The van der Waals surface area contributed by atoms with Gasteiger partial charge in [-0.25, -0.2) is 0 Å². The van der Waals surface area contributed by atoms with Gasteiger partial charge in [-0.15, -0.1) is 0 Å². The number of nitrogens with one attached hydrogen (secondary N) is 2. The number of hydrogen-bond donors (Lipinski definition) is 3. The van der Waals surface area contributed by atoms with Crippen LogP contribution in [0.25, 0.3) is 5.57 Å². The van der Waals surface area contributed by atoms with Gasteiger partial charge in [0.15, 0.2) is 0 Å². The van der Waals surface area contributed by atoms with E-state index in [1.165, 1.54) is 0 Å². The third-order valence-corrected chi connectivity index (χ3v) is 4.51. The van der Waals surface area contributed by atoms with Crippen LogP contribution in [-0.4, -0.2) is 22.0 Å². The molecule has 3 rings (SSSR count). The van der Waals surface area contributed by atoms with Crippen molar-refractivity contribution < 1.29 is 14.7 Å². The summed E-state index contributed by atoms with van der Waals surface area (Å²) in [4.78, 5) is 26.3. The number of hydrogen-bond acceptors (Lipinski definition) is 2. The Hall–Kier alpha value is -2.82. The second kappa shape index (κ2) is 6.35. The fraction of sp³-hybridized carbons (Fsp3) is 0.263. The molecule has 0 saturated heterocycles. The highest BCUT2D eigenvalue weighted by molar-refractivity contribution is 6.31. The van der Waals surface area contributed by atoms with E-state index in [1.54, 1.807) is 0 Å². The Labute approximate surface area is 140 Å². The van der Waals surface area contributed by atoms with E-state index in [-0.39, 0.29) is 12.3 Å². The largest absolute Gasteiger partial charge is 0.481 e. The highest BCUT2D eigenvalue weighted by atomic mass is 16.4. The topological polar surface area (TPSA) is 82.2 Å². The number of para-hydroxylation sites is 1. The molecule has 24 heavy (non-hydrogen) atoms. The van der Waals surface area contributed by atoms with Crippen molar-refractivity contribution in [2.45, 2.75) is 33.1 Å². The Balaban J connectivity index is 1.84. The van der Waals surface area contributed by atoms with Crippen molar-refractivity contribution in [3.8, 4) is 0 Å². The lowest BCUT2D eigenvalue weighted by Gasteiger charge is -2.01. The first-order valence-corrected chi connectivity index (χ1v) is 7.97. The van der Waals surface area contributed by atoms with Gasteiger partial charge in [0, 0.05) is 41.1 Å². The Morgan fingerprint density at radius 3 is 2.75 bits per heavy atom.